The summed E-state index contributed by atoms with van der Waals surface area (Å²) in [7, 11) is 2.51. The second kappa shape index (κ2) is 9.10. The smallest absolute Gasteiger partial charge is 0.352 e. The van der Waals surface area contributed by atoms with Crippen LogP contribution < -0.4 is 16.0 Å². The number of benzene rings is 1. The Hall–Kier alpha value is -4.22. The van der Waals surface area contributed by atoms with Crippen LogP contribution in [0.3, 0.4) is 0 Å². The molecule has 33 heavy (non-hydrogen) atoms. The van der Waals surface area contributed by atoms with Gasteiger partial charge in [-0.25, -0.2) is 14.4 Å². The number of ether oxygens (including phenoxy) is 3. The third-order valence-electron chi connectivity index (χ3n) is 4.99. The number of hydrogen-bond donors (Lipinski definition) is 0. The average Bonchev–Trinajstić information content (AvgIpc) is 2.80. The van der Waals surface area contributed by atoms with Gasteiger partial charge < -0.3 is 14.2 Å². The normalized spacial score (nSPS) is 14.8. The first-order chi connectivity index (χ1) is 15.6. The molecule has 0 radical (unpaired) electrons. The predicted octanol–water partition coefficient (Wildman–Crippen LogP) is 0.681. The number of carbonyl (C=O) groups is 2. The summed E-state index contributed by atoms with van der Waals surface area (Å²) in [5, 5.41) is 11.8. The Morgan fingerprint density at radius 2 is 1.73 bits per heavy atom. The monoisotopic (exact) mass is 459 g/mol. The first-order valence-corrected chi connectivity index (χ1v) is 9.94. The molecular weight excluding hydrogens is 438 g/mol. The molecule has 0 aliphatic carbocycles. The molecule has 12 heteroatoms. The molecule has 1 atom stereocenters. The van der Waals surface area contributed by atoms with Gasteiger partial charge in [0.25, 0.3) is 11.2 Å². The summed E-state index contributed by atoms with van der Waals surface area (Å²) in [6, 6.07) is 5.40. The zero-order chi connectivity index (χ0) is 24.4. The van der Waals surface area contributed by atoms with Gasteiger partial charge in [-0.3, -0.25) is 24.0 Å². The van der Waals surface area contributed by atoms with E-state index in [0.717, 1.165) is 9.13 Å². The highest BCUT2D eigenvalue weighted by Crippen LogP contribution is 2.41. The topological polar surface area (TPSA) is 149 Å². The Balaban J connectivity index is 2.57. The summed E-state index contributed by atoms with van der Waals surface area (Å²) in [5.74, 6) is -2.34. The van der Waals surface area contributed by atoms with Gasteiger partial charge in [0.2, 0.25) is 12.0 Å². The van der Waals surface area contributed by atoms with Crippen LogP contribution in [-0.2, 0) is 33.2 Å². The zero-order valence-electron chi connectivity index (χ0n) is 18.3. The number of carbonyl (C=O) groups excluding carboxylic acids is 2. The lowest BCUT2D eigenvalue weighted by atomic mass is 9.88. The molecule has 1 aromatic heterocycles. The van der Waals surface area contributed by atoms with E-state index in [9.17, 15) is 29.3 Å². The van der Waals surface area contributed by atoms with Gasteiger partial charge in [0.05, 0.1) is 29.3 Å². The standard InChI is InChI=1S/C21H21N3O9/c1-5-31-19(26)14-13(11-9-7-8-10-12(11)24(29)30)15-17(25)22(3)21(28)23(4)18(15)33-16(14)20(27)32-6-2/h7-10,16H,5-6H2,1-4H3. The van der Waals surface area contributed by atoms with E-state index >= 15 is 0 Å². The van der Waals surface area contributed by atoms with Crippen molar-refractivity contribution in [1.82, 2.24) is 9.13 Å². The maximum atomic E-state index is 13.2. The van der Waals surface area contributed by atoms with Gasteiger partial charge in [0.15, 0.2) is 0 Å². The summed E-state index contributed by atoms with van der Waals surface area (Å²) in [6.45, 7) is 2.93. The van der Waals surface area contributed by atoms with Crippen molar-refractivity contribution < 1.29 is 28.7 Å². The van der Waals surface area contributed by atoms with Crippen molar-refractivity contribution >= 4 is 23.2 Å². The van der Waals surface area contributed by atoms with Gasteiger partial charge >= 0.3 is 17.6 Å². The van der Waals surface area contributed by atoms with Crippen molar-refractivity contribution in [3.05, 3.63) is 71.9 Å². The minimum atomic E-state index is -1.73. The second-order valence-electron chi connectivity index (χ2n) is 6.92. The minimum absolute atomic E-state index is 0.0576. The lowest BCUT2D eigenvalue weighted by Gasteiger charge is -2.29. The maximum Gasteiger partial charge on any atom is 0.352 e. The van der Waals surface area contributed by atoms with Crippen LogP contribution in [0.1, 0.15) is 25.0 Å². The van der Waals surface area contributed by atoms with E-state index in [4.69, 9.17) is 14.2 Å². The highest BCUT2D eigenvalue weighted by Gasteiger charge is 2.44. The molecule has 0 fully saturated rings. The molecule has 0 amide bonds. The third kappa shape index (κ3) is 3.90. The van der Waals surface area contributed by atoms with E-state index in [1.54, 1.807) is 0 Å². The lowest BCUT2D eigenvalue weighted by molar-refractivity contribution is -0.385. The van der Waals surface area contributed by atoms with Gasteiger partial charge in [-0.2, -0.15) is 0 Å². The molecule has 0 saturated heterocycles. The Kier molecular flexibility index (Phi) is 6.47. The van der Waals surface area contributed by atoms with E-state index in [1.165, 1.54) is 52.2 Å². The largest absolute Gasteiger partial charge is 0.463 e. The molecule has 0 bridgehead atoms. The molecule has 12 nitrogen and oxygen atoms in total. The van der Waals surface area contributed by atoms with Crippen LogP contribution >= 0.6 is 0 Å². The number of nitrogens with zero attached hydrogens (tertiary/aromatic N) is 3. The van der Waals surface area contributed by atoms with Crippen LogP contribution in [0.4, 0.5) is 5.69 Å². The number of nitro groups is 1. The highest BCUT2D eigenvalue weighted by molar-refractivity contribution is 6.09. The summed E-state index contributed by atoms with van der Waals surface area (Å²) < 4.78 is 17.5. The predicted molar refractivity (Wildman–Crippen MR) is 114 cm³/mol. The fourth-order valence-electron chi connectivity index (χ4n) is 3.54. The van der Waals surface area contributed by atoms with Crippen LogP contribution in [0, 0.1) is 10.1 Å². The van der Waals surface area contributed by atoms with Gasteiger partial charge in [-0.05, 0) is 19.9 Å². The molecule has 1 aromatic carbocycles. The Morgan fingerprint density at radius 1 is 1.09 bits per heavy atom. The first kappa shape index (κ1) is 23.4. The first-order valence-electron chi connectivity index (χ1n) is 9.94. The van der Waals surface area contributed by atoms with Crippen molar-refractivity contribution in [2.45, 2.75) is 20.0 Å². The number of esters is 2. The summed E-state index contributed by atoms with van der Waals surface area (Å²) in [4.78, 5) is 62.6. The summed E-state index contributed by atoms with van der Waals surface area (Å²) in [6.07, 6.45) is -1.73. The van der Waals surface area contributed by atoms with E-state index < -0.39 is 45.5 Å². The van der Waals surface area contributed by atoms with Crippen molar-refractivity contribution in [3.8, 4) is 5.88 Å². The maximum absolute atomic E-state index is 13.2. The zero-order valence-corrected chi connectivity index (χ0v) is 18.3. The molecule has 2 aromatic rings. The lowest BCUT2D eigenvalue weighted by Crippen LogP contribution is -2.46. The molecule has 0 spiro atoms. The number of nitro benzene ring substituents is 1. The van der Waals surface area contributed by atoms with Gasteiger partial charge in [0.1, 0.15) is 5.56 Å². The average molecular weight is 459 g/mol. The Bertz CT molecular complexity index is 1300. The van der Waals surface area contributed by atoms with Crippen molar-refractivity contribution in [2.75, 3.05) is 13.2 Å². The second-order valence-corrected chi connectivity index (χ2v) is 6.92. The molecule has 1 aliphatic rings. The van der Waals surface area contributed by atoms with Gasteiger partial charge in [0, 0.05) is 25.7 Å². The van der Waals surface area contributed by atoms with Crippen LogP contribution in [0.2, 0.25) is 0 Å². The number of hydrogen-bond acceptors (Lipinski definition) is 9. The fraction of sp³-hybridized carbons (Fsp3) is 0.333. The molecule has 1 unspecified atom stereocenters. The molecule has 2 heterocycles. The highest BCUT2D eigenvalue weighted by atomic mass is 16.6. The van der Waals surface area contributed by atoms with Crippen molar-refractivity contribution in [3.63, 3.8) is 0 Å². The third-order valence-corrected chi connectivity index (χ3v) is 4.99. The van der Waals surface area contributed by atoms with Gasteiger partial charge in [-0.15, -0.1) is 0 Å². The molecule has 0 saturated carbocycles. The van der Waals surface area contributed by atoms with Crippen LogP contribution in [-0.4, -0.2) is 45.3 Å². The van der Waals surface area contributed by atoms with Crippen molar-refractivity contribution in [2.24, 2.45) is 14.1 Å². The minimum Gasteiger partial charge on any atom is -0.463 e. The fourth-order valence-corrected chi connectivity index (χ4v) is 3.54. The SMILES string of the molecule is CCOC(=O)C1=C(c2ccccc2[N+](=O)[O-])c2c(n(C)c(=O)n(C)c2=O)OC1C(=O)OCC. The van der Waals surface area contributed by atoms with Crippen molar-refractivity contribution in [1.29, 1.82) is 0 Å². The van der Waals surface area contributed by atoms with E-state index in [-0.39, 0.29) is 35.8 Å². The molecule has 1 aliphatic heterocycles. The molecule has 3 rings (SSSR count). The summed E-state index contributed by atoms with van der Waals surface area (Å²) in [5.41, 5.74) is -3.16. The number of rotatable bonds is 6. The Labute approximate surface area is 186 Å². The summed E-state index contributed by atoms with van der Waals surface area (Å²) >= 11 is 0. The quantitative estimate of drug-likeness (QED) is 0.345. The van der Waals surface area contributed by atoms with Crippen LogP contribution in [0.15, 0.2) is 39.4 Å². The molecule has 174 valence electrons. The number of fused-ring (bicyclic) bond motifs is 1. The number of aromatic nitrogens is 2. The van der Waals surface area contributed by atoms with Gasteiger partial charge in [-0.1, -0.05) is 12.1 Å². The Morgan fingerprint density at radius 3 is 2.33 bits per heavy atom. The van der Waals surface area contributed by atoms with E-state index in [2.05, 4.69) is 0 Å². The molecular formula is C21H21N3O9. The van der Waals surface area contributed by atoms with Crippen LogP contribution in [0.25, 0.3) is 5.57 Å². The van der Waals surface area contributed by atoms with Crippen LogP contribution in [0.5, 0.6) is 5.88 Å². The number of para-hydroxylation sites is 1. The van der Waals surface area contributed by atoms with E-state index in [0.29, 0.717) is 0 Å². The van der Waals surface area contributed by atoms with E-state index in [1.807, 2.05) is 0 Å². The molecule has 0 N–H and O–H groups in total.